The molecule has 1 aliphatic rings. The molecule has 1 N–H and O–H groups in total. The molecule has 0 saturated carbocycles. The highest BCUT2D eigenvalue weighted by Gasteiger charge is 2.34. The van der Waals surface area contributed by atoms with Crippen LogP contribution in [0.25, 0.3) is 0 Å². The number of hydrogen-bond donors (Lipinski definition) is 1. The summed E-state index contributed by atoms with van der Waals surface area (Å²) in [4.78, 5) is 11.3. The van der Waals surface area contributed by atoms with E-state index >= 15 is 0 Å². The third-order valence-corrected chi connectivity index (χ3v) is 3.12. The smallest absolute Gasteiger partial charge is 0.268 e. The number of para-hydroxylation sites is 1. The van der Waals surface area contributed by atoms with Crippen LogP contribution in [-0.4, -0.2) is 14.3 Å². The highest BCUT2D eigenvalue weighted by molar-refractivity contribution is 7.91. The first-order valence-electron chi connectivity index (χ1n) is 3.92. The maximum atomic E-state index is 11.4. The fourth-order valence-corrected chi connectivity index (χ4v) is 2.26. The molecule has 1 aromatic rings. The Morgan fingerprint density at radius 2 is 2.00 bits per heavy atom. The second-order valence-electron chi connectivity index (χ2n) is 2.82. The number of carbonyl (C=O) groups excluding carboxylic acids is 1. The third kappa shape index (κ3) is 1.31. The van der Waals surface area contributed by atoms with Gasteiger partial charge in [0.2, 0.25) is 6.19 Å². The summed E-state index contributed by atoms with van der Waals surface area (Å²) in [7, 11) is -4.06. The highest BCUT2D eigenvalue weighted by atomic mass is 32.2. The van der Waals surface area contributed by atoms with Crippen LogP contribution in [-0.2, 0) is 10.2 Å². The van der Waals surface area contributed by atoms with E-state index in [0.717, 1.165) is 0 Å². The molecule has 2 rings (SSSR count). The number of amides is 1. The van der Waals surface area contributed by atoms with E-state index in [-0.39, 0.29) is 11.3 Å². The molecule has 0 spiro atoms. The molecule has 0 saturated heterocycles. The molecule has 1 amide bonds. The van der Waals surface area contributed by atoms with Crippen LogP contribution in [0, 0.1) is 11.5 Å². The standard InChI is InChI=1S/C8H5N3O3S/c9-5-11-7-4-2-1-3-6(7)8(12)10-15(11,13)14/h1-4H,(H,10,12). The average Bonchev–Trinajstić information content (AvgIpc) is 2.17. The van der Waals surface area contributed by atoms with Crippen molar-refractivity contribution < 1.29 is 13.2 Å². The van der Waals surface area contributed by atoms with E-state index in [1.54, 1.807) is 16.9 Å². The molecule has 0 unspecified atom stereocenters. The van der Waals surface area contributed by atoms with E-state index in [1.807, 2.05) is 0 Å². The molecule has 0 aliphatic carbocycles. The third-order valence-electron chi connectivity index (χ3n) is 1.92. The van der Waals surface area contributed by atoms with Crippen molar-refractivity contribution in [2.45, 2.75) is 0 Å². The van der Waals surface area contributed by atoms with E-state index in [9.17, 15) is 13.2 Å². The van der Waals surface area contributed by atoms with Gasteiger partial charge in [-0.3, -0.25) is 4.79 Å². The molecule has 7 heteroatoms. The Hall–Kier alpha value is -2.07. The number of fused-ring (bicyclic) bond motifs is 1. The number of carbonyl (C=O) groups is 1. The van der Waals surface area contributed by atoms with Gasteiger partial charge in [-0.15, -0.1) is 0 Å². The van der Waals surface area contributed by atoms with E-state index < -0.39 is 16.1 Å². The summed E-state index contributed by atoms with van der Waals surface area (Å²) in [5.41, 5.74) is 0.234. The number of hydrogen-bond acceptors (Lipinski definition) is 4. The lowest BCUT2D eigenvalue weighted by atomic mass is 10.1. The molecule has 0 atom stereocenters. The minimum atomic E-state index is -4.06. The molecule has 0 bridgehead atoms. The molecule has 76 valence electrons. The second-order valence-corrected chi connectivity index (χ2v) is 4.34. The molecule has 1 aliphatic heterocycles. The van der Waals surface area contributed by atoms with Crippen LogP contribution in [0.3, 0.4) is 0 Å². The van der Waals surface area contributed by atoms with Gasteiger partial charge in [-0.2, -0.15) is 18.0 Å². The SMILES string of the molecule is N#CN1c2ccccc2C(=O)NS1(=O)=O. The number of benzene rings is 1. The molecular weight excluding hydrogens is 218 g/mol. The van der Waals surface area contributed by atoms with Gasteiger partial charge in [0.1, 0.15) is 0 Å². The molecule has 1 heterocycles. The van der Waals surface area contributed by atoms with Crippen LogP contribution in [0.2, 0.25) is 0 Å². The lowest BCUT2D eigenvalue weighted by Gasteiger charge is -2.23. The quantitative estimate of drug-likeness (QED) is 0.625. The lowest BCUT2D eigenvalue weighted by Crippen LogP contribution is -2.46. The van der Waals surface area contributed by atoms with Crippen molar-refractivity contribution in [1.82, 2.24) is 4.72 Å². The van der Waals surface area contributed by atoms with Crippen molar-refractivity contribution in [3.05, 3.63) is 29.8 Å². The Morgan fingerprint density at radius 3 is 2.67 bits per heavy atom. The van der Waals surface area contributed by atoms with Gasteiger partial charge in [-0.05, 0) is 12.1 Å². The highest BCUT2D eigenvalue weighted by Crippen LogP contribution is 2.25. The predicted octanol–water partition coefficient (Wildman–Crippen LogP) is -0.0377. The van der Waals surface area contributed by atoms with Gasteiger partial charge < -0.3 is 0 Å². The van der Waals surface area contributed by atoms with Crippen molar-refractivity contribution >= 4 is 21.8 Å². The first kappa shape index (κ1) is 9.48. The van der Waals surface area contributed by atoms with Gasteiger partial charge in [0.25, 0.3) is 5.91 Å². The summed E-state index contributed by atoms with van der Waals surface area (Å²) in [6.45, 7) is 0. The summed E-state index contributed by atoms with van der Waals surface area (Å²) in [5, 5.41) is 8.71. The van der Waals surface area contributed by atoms with Crippen molar-refractivity contribution in [2.24, 2.45) is 0 Å². The normalized spacial score (nSPS) is 17.5. The zero-order valence-corrected chi connectivity index (χ0v) is 8.15. The van der Waals surface area contributed by atoms with E-state index in [1.165, 1.54) is 18.3 Å². The maximum Gasteiger partial charge on any atom is 0.339 e. The first-order chi connectivity index (χ1) is 7.06. The number of anilines is 1. The van der Waals surface area contributed by atoms with Crippen LogP contribution in [0.15, 0.2) is 24.3 Å². The van der Waals surface area contributed by atoms with Crippen LogP contribution in [0.4, 0.5) is 5.69 Å². The monoisotopic (exact) mass is 223 g/mol. The summed E-state index contributed by atoms with van der Waals surface area (Å²) in [6.07, 6.45) is 1.50. The summed E-state index contributed by atoms with van der Waals surface area (Å²) >= 11 is 0. The molecular formula is C8H5N3O3S. The summed E-state index contributed by atoms with van der Waals surface area (Å²) in [5.74, 6) is -0.725. The minimum Gasteiger partial charge on any atom is -0.268 e. The fourth-order valence-electron chi connectivity index (χ4n) is 1.30. The van der Waals surface area contributed by atoms with Crippen molar-refractivity contribution in [3.63, 3.8) is 0 Å². The Bertz CT molecular complexity index is 573. The zero-order valence-electron chi connectivity index (χ0n) is 7.34. The average molecular weight is 223 g/mol. The fraction of sp³-hybridized carbons (Fsp3) is 0. The Morgan fingerprint density at radius 1 is 1.33 bits per heavy atom. The van der Waals surface area contributed by atoms with Crippen LogP contribution >= 0.6 is 0 Å². The van der Waals surface area contributed by atoms with Gasteiger partial charge in [-0.1, -0.05) is 12.1 Å². The topological polar surface area (TPSA) is 90.3 Å². The van der Waals surface area contributed by atoms with Gasteiger partial charge in [0.05, 0.1) is 11.3 Å². The summed E-state index contributed by atoms with van der Waals surface area (Å²) < 4.78 is 24.9. The lowest BCUT2D eigenvalue weighted by molar-refractivity contribution is 0.0980. The summed E-state index contributed by atoms with van der Waals surface area (Å²) in [6, 6.07) is 5.99. The van der Waals surface area contributed by atoms with E-state index in [2.05, 4.69) is 0 Å². The number of nitrogens with zero attached hydrogens (tertiary/aromatic N) is 2. The van der Waals surface area contributed by atoms with Crippen molar-refractivity contribution in [3.8, 4) is 6.19 Å². The molecule has 0 radical (unpaired) electrons. The molecule has 0 aromatic heterocycles. The van der Waals surface area contributed by atoms with Gasteiger partial charge >= 0.3 is 10.2 Å². The molecule has 6 nitrogen and oxygen atoms in total. The molecule has 1 aromatic carbocycles. The maximum absolute atomic E-state index is 11.4. The second kappa shape index (κ2) is 2.96. The molecule has 0 fully saturated rings. The number of nitriles is 1. The predicted molar refractivity (Wildman–Crippen MR) is 50.9 cm³/mol. The Balaban J connectivity index is 2.74. The van der Waals surface area contributed by atoms with Crippen LogP contribution in [0.1, 0.15) is 10.4 Å². The van der Waals surface area contributed by atoms with Crippen molar-refractivity contribution in [2.75, 3.05) is 4.31 Å². The number of nitrogens with one attached hydrogen (secondary N) is 1. The Kier molecular flexibility index (Phi) is 1.87. The van der Waals surface area contributed by atoms with Crippen LogP contribution < -0.4 is 9.03 Å². The van der Waals surface area contributed by atoms with Gasteiger partial charge in [0.15, 0.2) is 0 Å². The van der Waals surface area contributed by atoms with Gasteiger partial charge in [0, 0.05) is 0 Å². The Labute approximate surface area is 85.9 Å². The molecule has 15 heavy (non-hydrogen) atoms. The number of rotatable bonds is 0. The zero-order chi connectivity index (χ0) is 11.1. The van der Waals surface area contributed by atoms with Gasteiger partial charge in [-0.25, -0.2) is 4.72 Å². The largest absolute Gasteiger partial charge is 0.339 e. The van der Waals surface area contributed by atoms with E-state index in [0.29, 0.717) is 4.31 Å². The van der Waals surface area contributed by atoms with Crippen LogP contribution in [0.5, 0.6) is 0 Å². The van der Waals surface area contributed by atoms with E-state index in [4.69, 9.17) is 5.26 Å². The van der Waals surface area contributed by atoms with Crippen molar-refractivity contribution in [1.29, 1.82) is 5.26 Å². The first-order valence-corrected chi connectivity index (χ1v) is 5.36. The minimum absolute atomic E-state index is 0.0729.